The second kappa shape index (κ2) is 6.73. The molecule has 0 radical (unpaired) electrons. The van der Waals surface area contributed by atoms with Crippen molar-refractivity contribution < 1.29 is 4.52 Å². The lowest BCUT2D eigenvalue weighted by molar-refractivity contribution is 0.387. The van der Waals surface area contributed by atoms with Crippen LogP contribution in [0.15, 0.2) is 33.7 Å². The van der Waals surface area contributed by atoms with Crippen LogP contribution in [0.3, 0.4) is 0 Å². The van der Waals surface area contributed by atoms with Gasteiger partial charge in [0.05, 0.1) is 5.75 Å². The SMILES string of the molecule is Cc1noc(CSc2cccc(CNC(C)C)c2)n1. The summed E-state index contributed by atoms with van der Waals surface area (Å²) in [7, 11) is 0. The Morgan fingerprint density at radius 1 is 1.37 bits per heavy atom. The van der Waals surface area contributed by atoms with Crippen LogP contribution >= 0.6 is 11.8 Å². The van der Waals surface area contributed by atoms with Crippen molar-refractivity contribution in [3.05, 3.63) is 41.5 Å². The molecule has 0 fully saturated rings. The third-order valence-corrected chi connectivity index (χ3v) is 3.52. The number of hydrogen-bond donors (Lipinski definition) is 1. The summed E-state index contributed by atoms with van der Waals surface area (Å²) in [6.07, 6.45) is 0. The molecule has 0 aliphatic carbocycles. The Morgan fingerprint density at radius 2 is 2.21 bits per heavy atom. The number of hydrogen-bond acceptors (Lipinski definition) is 5. The highest BCUT2D eigenvalue weighted by molar-refractivity contribution is 7.98. The molecule has 0 unspecified atom stereocenters. The summed E-state index contributed by atoms with van der Waals surface area (Å²) in [5.41, 5.74) is 1.29. The molecule has 0 spiro atoms. The van der Waals surface area contributed by atoms with Gasteiger partial charge in [-0.2, -0.15) is 4.98 Å². The van der Waals surface area contributed by atoms with Crippen molar-refractivity contribution in [2.75, 3.05) is 0 Å². The molecule has 0 bridgehead atoms. The summed E-state index contributed by atoms with van der Waals surface area (Å²) in [6, 6.07) is 9.02. The topological polar surface area (TPSA) is 51.0 Å². The van der Waals surface area contributed by atoms with E-state index < -0.39 is 0 Å². The fraction of sp³-hybridized carbons (Fsp3) is 0.429. The fourth-order valence-electron chi connectivity index (χ4n) is 1.61. The van der Waals surface area contributed by atoms with Gasteiger partial charge in [-0.15, -0.1) is 11.8 Å². The van der Waals surface area contributed by atoms with E-state index in [0.29, 0.717) is 23.5 Å². The summed E-state index contributed by atoms with van der Waals surface area (Å²) < 4.78 is 5.10. The molecule has 0 saturated heterocycles. The van der Waals surface area contributed by atoms with E-state index in [0.717, 1.165) is 6.54 Å². The molecule has 1 aromatic heterocycles. The van der Waals surface area contributed by atoms with Gasteiger partial charge < -0.3 is 9.84 Å². The molecule has 0 aliphatic rings. The number of benzene rings is 1. The molecular weight excluding hydrogens is 258 g/mol. The van der Waals surface area contributed by atoms with E-state index in [-0.39, 0.29) is 0 Å². The van der Waals surface area contributed by atoms with Crippen molar-refractivity contribution in [1.82, 2.24) is 15.5 Å². The van der Waals surface area contributed by atoms with Crippen molar-refractivity contribution in [3.63, 3.8) is 0 Å². The molecule has 5 heteroatoms. The number of nitrogens with one attached hydrogen (secondary N) is 1. The Labute approximate surface area is 118 Å². The molecule has 2 rings (SSSR count). The first-order valence-electron chi connectivity index (χ1n) is 6.38. The zero-order valence-corrected chi connectivity index (χ0v) is 12.3. The van der Waals surface area contributed by atoms with Crippen LogP contribution in [-0.2, 0) is 12.3 Å². The summed E-state index contributed by atoms with van der Waals surface area (Å²) in [5.74, 6) is 2.07. The molecule has 102 valence electrons. The molecule has 0 aliphatic heterocycles. The van der Waals surface area contributed by atoms with Crippen LogP contribution in [0.25, 0.3) is 0 Å². The van der Waals surface area contributed by atoms with E-state index in [4.69, 9.17) is 4.52 Å². The van der Waals surface area contributed by atoms with E-state index in [9.17, 15) is 0 Å². The van der Waals surface area contributed by atoms with E-state index >= 15 is 0 Å². The van der Waals surface area contributed by atoms with Crippen LogP contribution in [0.4, 0.5) is 0 Å². The van der Waals surface area contributed by atoms with Crippen LogP contribution in [0.1, 0.15) is 31.1 Å². The summed E-state index contributed by atoms with van der Waals surface area (Å²) >= 11 is 1.71. The summed E-state index contributed by atoms with van der Waals surface area (Å²) in [5, 5.41) is 7.20. The van der Waals surface area contributed by atoms with Gasteiger partial charge in [0.15, 0.2) is 5.82 Å². The van der Waals surface area contributed by atoms with Gasteiger partial charge in [-0.25, -0.2) is 0 Å². The standard InChI is InChI=1S/C14H19N3OS/c1-10(2)15-8-12-5-4-6-13(7-12)19-9-14-16-11(3)17-18-14/h4-7,10,15H,8-9H2,1-3H3. The maximum atomic E-state index is 5.10. The average molecular weight is 277 g/mol. The average Bonchev–Trinajstić information content (AvgIpc) is 2.80. The zero-order valence-electron chi connectivity index (χ0n) is 11.5. The van der Waals surface area contributed by atoms with Gasteiger partial charge in [-0.05, 0) is 24.6 Å². The first-order valence-corrected chi connectivity index (χ1v) is 7.36. The van der Waals surface area contributed by atoms with Crippen molar-refractivity contribution >= 4 is 11.8 Å². The third kappa shape index (κ3) is 4.69. The second-order valence-electron chi connectivity index (χ2n) is 4.71. The van der Waals surface area contributed by atoms with Gasteiger partial charge in [0.2, 0.25) is 5.89 Å². The van der Waals surface area contributed by atoms with Crippen LogP contribution in [0.2, 0.25) is 0 Å². The molecule has 1 heterocycles. The Morgan fingerprint density at radius 3 is 2.89 bits per heavy atom. The lowest BCUT2D eigenvalue weighted by Gasteiger charge is -2.09. The minimum atomic E-state index is 0.498. The van der Waals surface area contributed by atoms with Crippen LogP contribution < -0.4 is 5.32 Å². The van der Waals surface area contributed by atoms with Crippen molar-refractivity contribution in [2.24, 2.45) is 0 Å². The highest BCUT2D eigenvalue weighted by Crippen LogP contribution is 2.22. The quantitative estimate of drug-likeness (QED) is 0.822. The molecule has 1 N–H and O–H groups in total. The van der Waals surface area contributed by atoms with Gasteiger partial charge in [0.25, 0.3) is 0 Å². The molecular formula is C14H19N3OS. The largest absolute Gasteiger partial charge is 0.338 e. The number of nitrogens with zero attached hydrogens (tertiary/aromatic N) is 2. The molecule has 0 saturated carbocycles. The Bertz CT molecular complexity index is 525. The molecule has 4 nitrogen and oxygen atoms in total. The summed E-state index contributed by atoms with van der Waals surface area (Å²) in [6.45, 7) is 7.02. The molecule has 0 amide bonds. The maximum absolute atomic E-state index is 5.10. The number of aromatic nitrogens is 2. The van der Waals surface area contributed by atoms with Crippen LogP contribution in [-0.4, -0.2) is 16.2 Å². The van der Waals surface area contributed by atoms with E-state index in [2.05, 4.69) is 53.6 Å². The fourth-order valence-corrected chi connectivity index (χ4v) is 2.43. The van der Waals surface area contributed by atoms with Gasteiger partial charge in [0, 0.05) is 17.5 Å². The van der Waals surface area contributed by atoms with Gasteiger partial charge >= 0.3 is 0 Å². The number of aryl methyl sites for hydroxylation is 1. The van der Waals surface area contributed by atoms with Gasteiger partial charge in [-0.3, -0.25) is 0 Å². The van der Waals surface area contributed by atoms with Crippen LogP contribution in [0.5, 0.6) is 0 Å². The van der Waals surface area contributed by atoms with Crippen molar-refractivity contribution in [3.8, 4) is 0 Å². The highest BCUT2D eigenvalue weighted by Gasteiger charge is 2.04. The third-order valence-electron chi connectivity index (χ3n) is 2.54. The van der Waals surface area contributed by atoms with Gasteiger partial charge in [0.1, 0.15) is 0 Å². The normalized spacial score (nSPS) is 11.2. The lowest BCUT2D eigenvalue weighted by Crippen LogP contribution is -2.21. The smallest absolute Gasteiger partial charge is 0.236 e. The second-order valence-corrected chi connectivity index (χ2v) is 5.76. The predicted molar refractivity (Wildman–Crippen MR) is 77.0 cm³/mol. The molecule has 0 atom stereocenters. The monoisotopic (exact) mass is 277 g/mol. The van der Waals surface area contributed by atoms with E-state index in [1.54, 1.807) is 11.8 Å². The first-order chi connectivity index (χ1) is 9.13. The van der Waals surface area contributed by atoms with E-state index in [1.165, 1.54) is 10.5 Å². The lowest BCUT2D eigenvalue weighted by atomic mass is 10.2. The minimum Gasteiger partial charge on any atom is -0.338 e. The first kappa shape index (κ1) is 14.1. The van der Waals surface area contributed by atoms with E-state index in [1.807, 2.05) is 6.92 Å². The number of rotatable bonds is 6. The van der Waals surface area contributed by atoms with Crippen molar-refractivity contribution in [1.29, 1.82) is 0 Å². The Balaban J connectivity index is 1.91. The molecule has 2 aromatic rings. The molecule has 1 aromatic carbocycles. The predicted octanol–water partition coefficient (Wildman–Crippen LogP) is 3.17. The summed E-state index contributed by atoms with van der Waals surface area (Å²) in [4.78, 5) is 5.42. The van der Waals surface area contributed by atoms with Gasteiger partial charge in [-0.1, -0.05) is 31.1 Å². The number of thioether (sulfide) groups is 1. The minimum absolute atomic E-state index is 0.498. The Kier molecular flexibility index (Phi) is 4.99. The molecule has 19 heavy (non-hydrogen) atoms. The maximum Gasteiger partial charge on any atom is 0.236 e. The van der Waals surface area contributed by atoms with Crippen LogP contribution in [0, 0.1) is 6.92 Å². The van der Waals surface area contributed by atoms with Crippen molar-refractivity contribution in [2.45, 2.75) is 44.0 Å². The zero-order chi connectivity index (χ0) is 13.7. The Hall–Kier alpha value is -1.33. The highest BCUT2D eigenvalue weighted by atomic mass is 32.2.